The molecule has 0 amide bonds. The number of aryl methyl sites for hydroxylation is 1. The molecule has 0 spiro atoms. The summed E-state index contributed by atoms with van der Waals surface area (Å²) in [6.07, 6.45) is 2.39. The number of phenolic OH excluding ortho intramolecular Hbond substituents is 1. The number of nitrogens with zero attached hydrogens (tertiary/aromatic N) is 2. The van der Waals surface area contributed by atoms with Gasteiger partial charge in [-0.3, -0.25) is 0 Å². The number of thioether (sulfide) groups is 1. The van der Waals surface area contributed by atoms with Gasteiger partial charge >= 0.3 is 5.97 Å². The average molecular weight is 559 g/mol. The topological polar surface area (TPSA) is 71.2 Å². The van der Waals surface area contributed by atoms with Crippen LogP contribution in [0, 0.1) is 0 Å². The molecule has 0 saturated carbocycles. The highest BCUT2D eigenvalue weighted by atomic mass is 32.2. The van der Waals surface area contributed by atoms with E-state index in [0.29, 0.717) is 22.7 Å². The average Bonchev–Trinajstić information content (AvgIpc) is 2.92. The predicted molar refractivity (Wildman–Crippen MR) is 164 cm³/mol. The molecule has 4 rings (SSSR count). The van der Waals surface area contributed by atoms with Crippen molar-refractivity contribution in [3.63, 3.8) is 0 Å². The maximum absolute atomic E-state index is 12.6. The van der Waals surface area contributed by atoms with Crippen LogP contribution in [0.1, 0.15) is 99.1 Å². The van der Waals surface area contributed by atoms with Gasteiger partial charge in [-0.05, 0) is 57.9 Å². The minimum absolute atomic E-state index is 0.0368. The van der Waals surface area contributed by atoms with E-state index in [1.807, 2.05) is 36.0 Å². The first kappa shape index (κ1) is 29.9. The molecule has 1 aliphatic heterocycles. The van der Waals surface area contributed by atoms with Crippen molar-refractivity contribution < 1.29 is 14.7 Å². The zero-order valence-electron chi connectivity index (χ0n) is 24.6. The van der Waals surface area contributed by atoms with E-state index in [1.54, 1.807) is 0 Å². The van der Waals surface area contributed by atoms with Crippen LogP contribution in [0.4, 0.5) is 0 Å². The van der Waals surface area contributed by atoms with Gasteiger partial charge in [-0.1, -0.05) is 114 Å². The Hall–Kier alpha value is -3.12. The van der Waals surface area contributed by atoms with Crippen LogP contribution in [0.25, 0.3) is 0 Å². The van der Waals surface area contributed by atoms with Gasteiger partial charge in [-0.2, -0.15) is 0 Å². The van der Waals surface area contributed by atoms with E-state index in [4.69, 9.17) is 4.84 Å². The second kappa shape index (κ2) is 12.6. The maximum Gasteiger partial charge on any atom is 0.337 e. The van der Waals surface area contributed by atoms with E-state index in [1.165, 1.54) is 11.1 Å². The van der Waals surface area contributed by atoms with Crippen molar-refractivity contribution in [2.45, 2.75) is 94.6 Å². The van der Waals surface area contributed by atoms with Crippen molar-refractivity contribution in [3.05, 3.63) is 101 Å². The third-order valence-corrected chi connectivity index (χ3v) is 8.99. The number of rotatable bonds is 7. The van der Waals surface area contributed by atoms with E-state index in [9.17, 15) is 9.90 Å². The minimum atomic E-state index is -0.407. The third-order valence-electron chi connectivity index (χ3n) is 7.40. The summed E-state index contributed by atoms with van der Waals surface area (Å²) in [5.74, 6) is -0.0655. The summed E-state index contributed by atoms with van der Waals surface area (Å²) in [5, 5.41) is 19.9. The van der Waals surface area contributed by atoms with Gasteiger partial charge in [0, 0.05) is 15.8 Å². The minimum Gasteiger partial charge on any atom is -0.507 e. The van der Waals surface area contributed by atoms with Crippen LogP contribution in [0.15, 0.2) is 83.2 Å². The number of carbonyl (C=O) groups excluding carboxylic acids is 1. The van der Waals surface area contributed by atoms with Crippen LogP contribution in [0.2, 0.25) is 0 Å². The molecule has 1 N–H and O–H groups in total. The summed E-state index contributed by atoms with van der Waals surface area (Å²) in [7, 11) is 0. The molecule has 3 aromatic rings. The number of carbonyl (C=O) groups is 1. The largest absolute Gasteiger partial charge is 0.507 e. The molecule has 0 aromatic heterocycles. The number of hydrogen-bond acceptors (Lipinski definition) is 6. The molecule has 1 fully saturated rings. The molecular weight excluding hydrogens is 516 g/mol. The van der Waals surface area contributed by atoms with Crippen molar-refractivity contribution in [2.75, 3.05) is 0 Å². The van der Waals surface area contributed by atoms with E-state index < -0.39 is 5.97 Å². The maximum atomic E-state index is 12.6. The van der Waals surface area contributed by atoms with E-state index in [-0.39, 0.29) is 23.3 Å². The second-order valence-corrected chi connectivity index (χ2v) is 14.2. The molecule has 2 unspecified atom stereocenters. The summed E-state index contributed by atoms with van der Waals surface area (Å²) >= 11 is 1.97. The van der Waals surface area contributed by atoms with Gasteiger partial charge in [-0.15, -0.1) is 16.9 Å². The van der Waals surface area contributed by atoms with Crippen molar-refractivity contribution in [1.82, 2.24) is 0 Å². The van der Waals surface area contributed by atoms with Crippen LogP contribution in [0.5, 0.6) is 5.75 Å². The van der Waals surface area contributed by atoms with Crippen LogP contribution in [-0.4, -0.2) is 17.1 Å². The number of hydrogen-bond donors (Lipinski definition) is 1. The summed E-state index contributed by atoms with van der Waals surface area (Å²) in [4.78, 5) is 17.9. The van der Waals surface area contributed by atoms with Crippen molar-refractivity contribution in [2.24, 2.45) is 10.4 Å². The molecule has 3 aromatic carbocycles. The Morgan fingerprint density at radius 1 is 0.850 bits per heavy atom. The molecule has 5 nitrogen and oxygen atoms in total. The first-order valence-corrected chi connectivity index (χ1v) is 15.1. The Balaban J connectivity index is 1.41. The number of benzene rings is 3. The Morgan fingerprint density at radius 3 is 1.77 bits per heavy atom. The van der Waals surface area contributed by atoms with Crippen LogP contribution in [-0.2, 0) is 26.9 Å². The van der Waals surface area contributed by atoms with Gasteiger partial charge in [0.2, 0.25) is 0 Å². The van der Waals surface area contributed by atoms with Crippen LogP contribution < -0.4 is 0 Å². The molecule has 2 atom stereocenters. The highest BCUT2D eigenvalue weighted by Crippen LogP contribution is 2.50. The Kier molecular flexibility index (Phi) is 9.40. The van der Waals surface area contributed by atoms with Gasteiger partial charge in [0.1, 0.15) is 5.75 Å². The van der Waals surface area contributed by atoms with Gasteiger partial charge < -0.3 is 9.94 Å². The number of aromatic hydroxyl groups is 1. The number of phenols is 1. The first-order valence-electron chi connectivity index (χ1n) is 14.1. The molecule has 0 aliphatic carbocycles. The summed E-state index contributed by atoms with van der Waals surface area (Å²) in [6, 6.07) is 25.0. The van der Waals surface area contributed by atoms with Crippen LogP contribution in [0.3, 0.4) is 0 Å². The predicted octanol–water partition coefficient (Wildman–Crippen LogP) is 9.21. The summed E-state index contributed by atoms with van der Waals surface area (Å²) < 4.78 is 0. The smallest absolute Gasteiger partial charge is 0.337 e. The molecule has 1 aliphatic rings. The Labute approximate surface area is 243 Å². The lowest BCUT2D eigenvalue weighted by Crippen LogP contribution is -2.19. The Morgan fingerprint density at radius 2 is 1.32 bits per heavy atom. The van der Waals surface area contributed by atoms with Gasteiger partial charge in [0.15, 0.2) is 0 Å². The van der Waals surface area contributed by atoms with Crippen molar-refractivity contribution in [3.8, 4) is 5.75 Å². The molecule has 0 radical (unpaired) electrons. The standard InChI is InChI=1S/C34H42N2O3S/c1-33(2,3)27-19-23(20-28(32(27)38)34(4,5)6)17-18-31(37)39-36-35-26-21-29(24-13-9-7-10-14-24)40-30(22-26)25-15-11-8-12-16-25/h7-16,19-20,26,29-30,38H,17-18,21-22H2,1-6H3. The molecule has 1 heterocycles. The molecule has 6 heteroatoms. The lowest BCUT2D eigenvalue weighted by molar-refractivity contribution is -0.144. The van der Waals surface area contributed by atoms with E-state index in [0.717, 1.165) is 29.5 Å². The fourth-order valence-corrected chi connectivity index (χ4v) is 6.86. The van der Waals surface area contributed by atoms with Gasteiger partial charge in [0.05, 0.1) is 12.5 Å². The molecule has 1 saturated heterocycles. The van der Waals surface area contributed by atoms with Crippen molar-refractivity contribution in [1.29, 1.82) is 0 Å². The normalized spacial score (nSPS) is 20.0. The van der Waals surface area contributed by atoms with Gasteiger partial charge in [-0.25, -0.2) is 4.79 Å². The third kappa shape index (κ3) is 7.75. The molecule has 212 valence electrons. The zero-order chi connectivity index (χ0) is 28.9. The van der Waals surface area contributed by atoms with Gasteiger partial charge in [0.25, 0.3) is 0 Å². The van der Waals surface area contributed by atoms with Crippen molar-refractivity contribution >= 4 is 17.7 Å². The highest BCUT2D eigenvalue weighted by molar-refractivity contribution is 7.99. The molecule has 0 bridgehead atoms. The SMILES string of the molecule is CC(C)(C)c1cc(CCC(=O)ON=NC2CC(c3ccccc3)SC(c3ccccc3)C2)cc(C(C)(C)C)c1O. The highest BCUT2D eigenvalue weighted by Gasteiger charge is 2.32. The Bertz CT molecular complexity index is 1230. The monoisotopic (exact) mass is 558 g/mol. The lowest BCUT2D eigenvalue weighted by atomic mass is 9.78. The quantitative estimate of drug-likeness (QED) is 0.232. The lowest BCUT2D eigenvalue weighted by Gasteiger charge is -2.32. The molecule has 40 heavy (non-hydrogen) atoms. The zero-order valence-corrected chi connectivity index (χ0v) is 25.4. The van der Waals surface area contributed by atoms with Crippen LogP contribution >= 0.6 is 11.8 Å². The van der Waals surface area contributed by atoms with E-state index in [2.05, 4.69) is 100 Å². The second-order valence-electron chi connectivity index (χ2n) is 12.8. The molecular formula is C34H42N2O3S. The van der Waals surface area contributed by atoms with E-state index >= 15 is 0 Å². The summed E-state index contributed by atoms with van der Waals surface area (Å²) in [5.41, 5.74) is 4.90. The first-order chi connectivity index (χ1) is 18.9. The fourth-order valence-electron chi connectivity index (χ4n) is 5.17. The fraction of sp³-hybridized carbons (Fsp3) is 0.441. The summed E-state index contributed by atoms with van der Waals surface area (Å²) in [6.45, 7) is 12.5.